The third-order valence-corrected chi connectivity index (χ3v) is 10.9. The third-order valence-electron chi connectivity index (χ3n) is 5.94. The predicted molar refractivity (Wildman–Crippen MR) is 136 cm³/mol. The maximum Gasteiger partial charge on any atom is 0.0507 e. The molecule has 2 aliphatic rings. The smallest absolute Gasteiger partial charge is 0.0507 e. The van der Waals surface area contributed by atoms with Gasteiger partial charge >= 0.3 is 0 Å². The summed E-state index contributed by atoms with van der Waals surface area (Å²) in [7, 11) is -2.08. The van der Waals surface area contributed by atoms with E-state index in [2.05, 4.69) is 58.5 Å². The summed E-state index contributed by atoms with van der Waals surface area (Å²) < 4.78 is 6.87. The van der Waals surface area contributed by atoms with Crippen LogP contribution in [-0.2, 0) is 3.63 Å². The van der Waals surface area contributed by atoms with Gasteiger partial charge in [-0.15, -0.1) is 20.6 Å². The summed E-state index contributed by atoms with van der Waals surface area (Å²) in [5, 5.41) is 0. The van der Waals surface area contributed by atoms with E-state index in [1.165, 1.54) is 91.1 Å². The maximum atomic E-state index is 6.87. The van der Waals surface area contributed by atoms with Crippen molar-refractivity contribution >= 4 is 20.6 Å². The molecule has 2 aliphatic heterocycles. The molecule has 0 amide bonds. The summed E-state index contributed by atoms with van der Waals surface area (Å²) in [6.45, 7) is 16.9. The Bertz CT molecular complexity index is 408. The first kappa shape index (κ1) is 25.8. The molecule has 7 heteroatoms. The van der Waals surface area contributed by atoms with Crippen molar-refractivity contribution in [1.29, 1.82) is 0 Å². The molecule has 0 aliphatic carbocycles. The molecule has 0 atom stereocenters. The molecule has 0 aromatic heterocycles. The van der Waals surface area contributed by atoms with Gasteiger partial charge in [0.15, 0.2) is 0 Å². The van der Waals surface area contributed by atoms with Crippen molar-refractivity contribution in [2.24, 2.45) is 0 Å². The Morgan fingerprint density at radius 1 is 0.552 bits per heavy atom. The molecule has 5 nitrogen and oxygen atoms in total. The standard InChI is InChI=1S/C22H50N4OS2/c1-7-9-11-23-13-17-25(18-14-23)21-28(3,4)27-29(5,6)22-26-19-15-24(16-20-26)12-10-8-2/h7-22H2,1-6H3. The Balaban J connectivity index is 1.71. The summed E-state index contributed by atoms with van der Waals surface area (Å²) in [6, 6.07) is 0. The zero-order valence-corrected chi connectivity index (χ0v) is 22.0. The van der Waals surface area contributed by atoms with Crippen molar-refractivity contribution in [3.05, 3.63) is 0 Å². The lowest BCUT2D eigenvalue weighted by Gasteiger charge is -2.48. The largest absolute Gasteiger partial charge is 0.301 e. The summed E-state index contributed by atoms with van der Waals surface area (Å²) in [5.41, 5.74) is 0. The van der Waals surface area contributed by atoms with Crippen LogP contribution in [0.25, 0.3) is 0 Å². The zero-order valence-electron chi connectivity index (χ0n) is 20.3. The van der Waals surface area contributed by atoms with Gasteiger partial charge in [0.1, 0.15) is 0 Å². The maximum absolute atomic E-state index is 6.87. The summed E-state index contributed by atoms with van der Waals surface area (Å²) in [5.74, 6) is 2.27. The van der Waals surface area contributed by atoms with Gasteiger partial charge < -0.3 is 9.80 Å². The monoisotopic (exact) mass is 450 g/mol. The van der Waals surface area contributed by atoms with Crippen molar-refractivity contribution in [2.75, 3.05) is 102 Å². The lowest BCUT2D eigenvalue weighted by molar-refractivity contribution is 0.145. The average molecular weight is 451 g/mol. The van der Waals surface area contributed by atoms with Gasteiger partial charge in [-0.2, -0.15) is 0 Å². The normalized spacial score (nSPS) is 22.8. The van der Waals surface area contributed by atoms with E-state index in [0.717, 1.165) is 11.8 Å². The lowest BCUT2D eigenvalue weighted by atomic mass is 10.3. The molecular formula is C22H50N4OS2. The predicted octanol–water partition coefficient (Wildman–Crippen LogP) is 3.71. The molecule has 0 saturated carbocycles. The first-order chi connectivity index (χ1) is 13.7. The van der Waals surface area contributed by atoms with Crippen LogP contribution in [0.1, 0.15) is 39.5 Å². The van der Waals surface area contributed by atoms with E-state index in [9.17, 15) is 0 Å². The van der Waals surface area contributed by atoms with Crippen LogP contribution in [0.5, 0.6) is 0 Å². The molecule has 0 bridgehead atoms. The van der Waals surface area contributed by atoms with Crippen molar-refractivity contribution in [1.82, 2.24) is 19.6 Å². The molecular weight excluding hydrogens is 400 g/mol. The minimum atomic E-state index is -1.04. The fourth-order valence-electron chi connectivity index (χ4n) is 4.47. The van der Waals surface area contributed by atoms with Crippen LogP contribution in [0.4, 0.5) is 0 Å². The topological polar surface area (TPSA) is 22.2 Å². The zero-order chi connectivity index (χ0) is 21.3. The fraction of sp³-hybridized carbons (Fsp3) is 1.00. The molecule has 0 radical (unpaired) electrons. The van der Waals surface area contributed by atoms with Gasteiger partial charge in [0, 0.05) is 52.4 Å². The Kier molecular flexibility index (Phi) is 11.1. The van der Waals surface area contributed by atoms with Crippen LogP contribution in [-0.4, -0.2) is 122 Å². The van der Waals surface area contributed by atoms with E-state index in [-0.39, 0.29) is 0 Å². The highest BCUT2D eigenvalue weighted by atomic mass is 32.3. The second-order valence-electron chi connectivity index (χ2n) is 9.83. The number of unbranched alkanes of at least 4 members (excludes halogenated alkanes) is 2. The van der Waals surface area contributed by atoms with Gasteiger partial charge in [-0.25, -0.2) is 0 Å². The second kappa shape index (κ2) is 12.5. The van der Waals surface area contributed by atoms with Gasteiger partial charge in [0.05, 0.1) is 11.8 Å². The highest BCUT2D eigenvalue weighted by molar-refractivity contribution is 8.40. The van der Waals surface area contributed by atoms with E-state index in [1.54, 1.807) is 0 Å². The minimum absolute atomic E-state index is 1.04. The first-order valence-electron chi connectivity index (χ1n) is 11.8. The van der Waals surface area contributed by atoms with Gasteiger partial charge in [0.2, 0.25) is 0 Å². The van der Waals surface area contributed by atoms with Gasteiger partial charge in [-0.1, -0.05) is 26.7 Å². The molecule has 2 fully saturated rings. The third kappa shape index (κ3) is 10.1. The highest BCUT2D eigenvalue weighted by Gasteiger charge is 2.29. The summed E-state index contributed by atoms with van der Waals surface area (Å²) >= 11 is 0. The Labute approximate surface area is 185 Å². The lowest BCUT2D eigenvalue weighted by Crippen LogP contribution is -2.48. The Hall–Kier alpha value is 0.500. The summed E-state index contributed by atoms with van der Waals surface area (Å²) in [6.07, 6.45) is 14.8. The fourth-order valence-corrected chi connectivity index (χ4v) is 11.1. The molecule has 0 N–H and O–H groups in total. The quantitative estimate of drug-likeness (QED) is 0.451. The van der Waals surface area contributed by atoms with E-state index in [0.29, 0.717) is 0 Å². The van der Waals surface area contributed by atoms with E-state index in [1.807, 2.05) is 0 Å². The number of hydrogen-bond donors (Lipinski definition) is 0. The van der Waals surface area contributed by atoms with Crippen molar-refractivity contribution in [3.8, 4) is 0 Å². The van der Waals surface area contributed by atoms with Crippen LogP contribution in [0.3, 0.4) is 0 Å². The van der Waals surface area contributed by atoms with E-state index >= 15 is 0 Å². The molecule has 176 valence electrons. The van der Waals surface area contributed by atoms with Crippen LogP contribution >= 0.6 is 20.6 Å². The van der Waals surface area contributed by atoms with Crippen molar-refractivity contribution in [3.63, 3.8) is 0 Å². The molecule has 2 saturated heterocycles. The van der Waals surface area contributed by atoms with E-state index < -0.39 is 20.6 Å². The molecule has 0 aromatic carbocycles. The average Bonchev–Trinajstić information content (AvgIpc) is 2.65. The van der Waals surface area contributed by atoms with Crippen LogP contribution in [0, 0.1) is 0 Å². The second-order valence-corrected chi connectivity index (χ2v) is 16.6. The molecule has 0 unspecified atom stereocenters. The number of nitrogens with zero attached hydrogens (tertiary/aromatic N) is 4. The molecule has 0 spiro atoms. The molecule has 2 heterocycles. The minimum Gasteiger partial charge on any atom is -0.301 e. The Morgan fingerprint density at radius 3 is 1.17 bits per heavy atom. The molecule has 29 heavy (non-hydrogen) atoms. The van der Waals surface area contributed by atoms with Crippen LogP contribution in [0.15, 0.2) is 0 Å². The van der Waals surface area contributed by atoms with Gasteiger partial charge in [0.25, 0.3) is 0 Å². The van der Waals surface area contributed by atoms with Crippen LogP contribution in [0.2, 0.25) is 0 Å². The highest BCUT2D eigenvalue weighted by Crippen LogP contribution is 2.58. The number of hydrogen-bond acceptors (Lipinski definition) is 5. The SMILES string of the molecule is CCCCN1CCN(CS(C)(C)OS(C)(C)CN2CCN(CCCC)CC2)CC1. The van der Waals surface area contributed by atoms with Crippen LogP contribution < -0.4 is 0 Å². The first-order valence-corrected chi connectivity index (χ1v) is 16.8. The molecule has 0 aromatic rings. The van der Waals surface area contributed by atoms with Gasteiger partial charge in [-0.3, -0.25) is 13.4 Å². The van der Waals surface area contributed by atoms with Gasteiger partial charge in [-0.05, 0) is 51.0 Å². The number of rotatable bonds is 12. The summed E-state index contributed by atoms with van der Waals surface area (Å²) in [4.78, 5) is 10.6. The Morgan fingerprint density at radius 2 is 0.862 bits per heavy atom. The van der Waals surface area contributed by atoms with Crippen molar-refractivity contribution < 1.29 is 3.63 Å². The van der Waals surface area contributed by atoms with Crippen molar-refractivity contribution in [2.45, 2.75) is 39.5 Å². The van der Waals surface area contributed by atoms with E-state index in [4.69, 9.17) is 3.63 Å². The molecule has 2 rings (SSSR count). The number of piperazine rings is 2.